The molecule has 3 heteroatoms. The van der Waals surface area contributed by atoms with Crippen molar-refractivity contribution in [1.82, 2.24) is 0 Å². The van der Waals surface area contributed by atoms with Crippen LogP contribution in [0.2, 0.25) is 0 Å². The fourth-order valence-corrected chi connectivity index (χ4v) is 2.86. The van der Waals surface area contributed by atoms with Crippen LogP contribution in [0, 0.1) is 18.3 Å². The van der Waals surface area contributed by atoms with Crippen molar-refractivity contribution in [3.63, 3.8) is 0 Å². The molecule has 13 heavy (non-hydrogen) atoms. The van der Waals surface area contributed by atoms with Crippen molar-refractivity contribution in [2.75, 3.05) is 0 Å². The highest BCUT2D eigenvalue weighted by Gasteiger charge is 2.07. The molecular weight excluding hydrogens is 246 g/mol. The first-order chi connectivity index (χ1) is 6.24. The average Bonchev–Trinajstić information content (AvgIpc) is 2.55. The Kier molecular flexibility index (Phi) is 2.10. The molecule has 1 nitrogen and oxygen atoms in total. The standard InChI is InChI=1S/C10H6BrNS/c1-6-2-3-8-7(4-12)5-13-10(8)9(6)11/h2-3,5H,1H3. The minimum Gasteiger partial charge on any atom is -0.192 e. The van der Waals surface area contributed by atoms with Crippen molar-refractivity contribution >= 4 is 37.4 Å². The summed E-state index contributed by atoms with van der Waals surface area (Å²) in [6.07, 6.45) is 0. The SMILES string of the molecule is Cc1ccc2c(C#N)csc2c1Br. The van der Waals surface area contributed by atoms with E-state index >= 15 is 0 Å². The van der Waals surface area contributed by atoms with Crippen LogP contribution in [0.1, 0.15) is 11.1 Å². The predicted molar refractivity (Wildman–Crippen MR) is 59.0 cm³/mol. The monoisotopic (exact) mass is 251 g/mol. The predicted octanol–water partition coefficient (Wildman–Crippen LogP) is 3.84. The zero-order valence-electron chi connectivity index (χ0n) is 6.97. The van der Waals surface area contributed by atoms with E-state index in [0.29, 0.717) is 0 Å². The van der Waals surface area contributed by atoms with Gasteiger partial charge in [0.05, 0.1) is 10.3 Å². The molecule has 0 aliphatic carbocycles. The van der Waals surface area contributed by atoms with Crippen LogP contribution in [0.15, 0.2) is 22.0 Å². The molecule has 1 aromatic carbocycles. The first kappa shape index (κ1) is 8.74. The van der Waals surface area contributed by atoms with Crippen molar-refractivity contribution in [1.29, 1.82) is 5.26 Å². The minimum atomic E-state index is 0.765. The second-order valence-corrected chi connectivity index (χ2v) is 4.51. The molecule has 2 aromatic rings. The molecule has 0 unspecified atom stereocenters. The highest BCUT2D eigenvalue weighted by molar-refractivity contribution is 9.10. The normalized spacial score (nSPS) is 10.2. The molecular formula is C10H6BrNS. The molecule has 0 aliphatic heterocycles. The second kappa shape index (κ2) is 3.13. The zero-order chi connectivity index (χ0) is 9.42. The molecule has 1 aromatic heterocycles. The van der Waals surface area contributed by atoms with Crippen LogP contribution in [0.5, 0.6) is 0 Å². The van der Waals surface area contributed by atoms with Gasteiger partial charge in [-0.1, -0.05) is 12.1 Å². The van der Waals surface area contributed by atoms with E-state index in [1.807, 2.05) is 17.5 Å². The van der Waals surface area contributed by atoms with E-state index in [-0.39, 0.29) is 0 Å². The number of rotatable bonds is 0. The fraction of sp³-hybridized carbons (Fsp3) is 0.100. The number of hydrogen-bond acceptors (Lipinski definition) is 2. The zero-order valence-corrected chi connectivity index (χ0v) is 9.37. The van der Waals surface area contributed by atoms with Gasteiger partial charge in [0.15, 0.2) is 0 Å². The maximum atomic E-state index is 8.83. The van der Waals surface area contributed by atoms with E-state index in [1.165, 1.54) is 5.56 Å². The van der Waals surface area contributed by atoms with Gasteiger partial charge in [0, 0.05) is 15.2 Å². The van der Waals surface area contributed by atoms with Crippen LogP contribution in [0.4, 0.5) is 0 Å². The van der Waals surface area contributed by atoms with Gasteiger partial charge in [-0.25, -0.2) is 0 Å². The number of aryl methyl sites for hydroxylation is 1. The molecule has 0 atom stereocenters. The molecule has 0 aliphatic rings. The van der Waals surface area contributed by atoms with Crippen molar-refractivity contribution in [2.45, 2.75) is 6.92 Å². The lowest BCUT2D eigenvalue weighted by Crippen LogP contribution is -1.75. The first-order valence-electron chi connectivity index (χ1n) is 3.80. The number of fused-ring (bicyclic) bond motifs is 1. The van der Waals surface area contributed by atoms with E-state index < -0.39 is 0 Å². The Bertz CT molecular complexity index is 507. The molecule has 0 spiro atoms. The van der Waals surface area contributed by atoms with Gasteiger partial charge in [-0.05, 0) is 28.4 Å². The summed E-state index contributed by atoms with van der Waals surface area (Å²) in [6.45, 7) is 2.05. The molecule has 0 amide bonds. The number of nitriles is 1. The van der Waals surface area contributed by atoms with Crippen LogP contribution in [-0.2, 0) is 0 Å². The van der Waals surface area contributed by atoms with Crippen molar-refractivity contribution < 1.29 is 0 Å². The molecule has 0 radical (unpaired) electrons. The summed E-state index contributed by atoms with van der Waals surface area (Å²) in [6, 6.07) is 6.22. The third-order valence-electron chi connectivity index (χ3n) is 2.00. The van der Waals surface area contributed by atoms with E-state index in [0.717, 1.165) is 20.1 Å². The molecule has 0 bridgehead atoms. The Hall–Kier alpha value is -0.850. The van der Waals surface area contributed by atoms with Crippen LogP contribution in [0.25, 0.3) is 10.1 Å². The molecule has 0 saturated heterocycles. The Morgan fingerprint density at radius 1 is 1.46 bits per heavy atom. The Labute approximate surface area is 88.7 Å². The summed E-state index contributed by atoms with van der Waals surface area (Å²) in [7, 11) is 0. The van der Waals surface area contributed by atoms with Crippen LogP contribution >= 0.6 is 27.3 Å². The molecule has 1 heterocycles. The lowest BCUT2D eigenvalue weighted by molar-refractivity contribution is 1.47. The smallest absolute Gasteiger partial charge is 0.101 e. The summed E-state index contributed by atoms with van der Waals surface area (Å²) in [4.78, 5) is 0. The number of benzene rings is 1. The highest BCUT2D eigenvalue weighted by Crippen LogP contribution is 2.33. The number of nitrogens with zero attached hydrogens (tertiary/aromatic N) is 1. The average molecular weight is 252 g/mol. The topological polar surface area (TPSA) is 23.8 Å². The quantitative estimate of drug-likeness (QED) is 0.698. The summed E-state index contributed by atoms with van der Waals surface area (Å²) in [5, 5.41) is 11.8. The van der Waals surface area contributed by atoms with E-state index in [4.69, 9.17) is 5.26 Å². The van der Waals surface area contributed by atoms with Gasteiger partial charge in [-0.3, -0.25) is 0 Å². The molecule has 64 valence electrons. The Morgan fingerprint density at radius 2 is 2.23 bits per heavy atom. The lowest BCUT2D eigenvalue weighted by Gasteiger charge is -1.98. The minimum absolute atomic E-state index is 0.765. The maximum absolute atomic E-state index is 8.83. The van der Waals surface area contributed by atoms with Crippen LogP contribution < -0.4 is 0 Å². The third kappa shape index (κ3) is 1.27. The van der Waals surface area contributed by atoms with Gasteiger partial charge in [0.2, 0.25) is 0 Å². The Morgan fingerprint density at radius 3 is 2.92 bits per heavy atom. The maximum Gasteiger partial charge on any atom is 0.101 e. The van der Waals surface area contributed by atoms with Crippen molar-refractivity contribution in [3.8, 4) is 6.07 Å². The van der Waals surface area contributed by atoms with Gasteiger partial charge in [-0.2, -0.15) is 5.26 Å². The molecule has 2 rings (SSSR count). The third-order valence-corrected chi connectivity index (χ3v) is 4.29. The lowest BCUT2D eigenvalue weighted by atomic mass is 10.1. The summed E-state index contributed by atoms with van der Waals surface area (Å²) >= 11 is 5.13. The summed E-state index contributed by atoms with van der Waals surface area (Å²) in [5.74, 6) is 0. The fourth-order valence-electron chi connectivity index (χ4n) is 1.25. The summed E-state index contributed by atoms with van der Waals surface area (Å²) in [5.41, 5.74) is 1.97. The number of halogens is 1. The van der Waals surface area contributed by atoms with Crippen molar-refractivity contribution in [3.05, 3.63) is 33.1 Å². The number of thiophene rings is 1. The van der Waals surface area contributed by atoms with Gasteiger partial charge < -0.3 is 0 Å². The van der Waals surface area contributed by atoms with E-state index in [1.54, 1.807) is 11.3 Å². The molecule has 0 fully saturated rings. The molecule has 0 N–H and O–H groups in total. The van der Waals surface area contributed by atoms with Gasteiger partial charge >= 0.3 is 0 Å². The summed E-state index contributed by atoms with van der Waals surface area (Å²) < 4.78 is 2.27. The first-order valence-corrected chi connectivity index (χ1v) is 5.47. The number of hydrogen-bond donors (Lipinski definition) is 0. The van der Waals surface area contributed by atoms with Gasteiger partial charge in [-0.15, -0.1) is 11.3 Å². The van der Waals surface area contributed by atoms with Gasteiger partial charge in [0.1, 0.15) is 6.07 Å². The van der Waals surface area contributed by atoms with Crippen LogP contribution in [0.3, 0.4) is 0 Å². The largest absolute Gasteiger partial charge is 0.192 e. The second-order valence-electron chi connectivity index (χ2n) is 2.83. The van der Waals surface area contributed by atoms with Crippen molar-refractivity contribution in [2.24, 2.45) is 0 Å². The molecule has 0 saturated carbocycles. The van der Waals surface area contributed by atoms with E-state index in [2.05, 4.69) is 28.9 Å². The van der Waals surface area contributed by atoms with Crippen LogP contribution in [-0.4, -0.2) is 0 Å². The highest BCUT2D eigenvalue weighted by atomic mass is 79.9. The van der Waals surface area contributed by atoms with E-state index in [9.17, 15) is 0 Å². The van der Waals surface area contributed by atoms with Gasteiger partial charge in [0.25, 0.3) is 0 Å². The Balaban J connectivity index is 2.91.